The predicted molar refractivity (Wildman–Crippen MR) is 182 cm³/mol. The Bertz CT molecular complexity index is 2460. The Morgan fingerprint density at radius 2 is 0.848 bits per heavy atom. The summed E-state index contributed by atoms with van der Waals surface area (Å²) in [5.41, 5.74) is 8.41. The first-order chi connectivity index (χ1) is 22.8. The molecule has 0 fully saturated rings. The monoisotopic (exact) mass is 592 g/mol. The van der Waals surface area contributed by atoms with Gasteiger partial charge in [-0.25, -0.2) is 19.9 Å². The van der Waals surface area contributed by atoms with Crippen molar-refractivity contribution in [2.75, 3.05) is 0 Å². The van der Waals surface area contributed by atoms with E-state index in [2.05, 4.69) is 30.3 Å². The molecule has 46 heavy (non-hydrogen) atoms. The van der Waals surface area contributed by atoms with E-state index < -0.39 is 0 Å². The van der Waals surface area contributed by atoms with E-state index in [1.54, 1.807) is 0 Å². The van der Waals surface area contributed by atoms with Crippen LogP contribution >= 0.6 is 0 Å². The number of hydrogen-bond acceptors (Lipinski definition) is 6. The summed E-state index contributed by atoms with van der Waals surface area (Å²) in [5.74, 6) is 2.33. The number of oxazole rings is 1. The SMILES string of the molecule is c1ccc(-c2nc(-c3ccccc3)nc(-c3cccc4c3oc3c(-c5cccc6oc(-c7ccccc7)nc56)cccc34)n2)cc1. The molecule has 6 heteroatoms. The molecule has 0 amide bonds. The number of nitrogens with zero attached hydrogens (tertiary/aromatic N) is 4. The van der Waals surface area contributed by atoms with Crippen LogP contribution in [0.1, 0.15) is 0 Å². The van der Waals surface area contributed by atoms with Crippen molar-refractivity contribution in [1.29, 1.82) is 0 Å². The summed E-state index contributed by atoms with van der Waals surface area (Å²) >= 11 is 0. The summed E-state index contributed by atoms with van der Waals surface area (Å²) in [6, 6.07) is 48.2. The molecule has 0 radical (unpaired) electrons. The second kappa shape index (κ2) is 10.6. The lowest BCUT2D eigenvalue weighted by molar-refractivity contribution is 0.620. The molecule has 0 saturated heterocycles. The van der Waals surface area contributed by atoms with E-state index in [0.29, 0.717) is 28.9 Å². The fraction of sp³-hybridized carbons (Fsp3) is 0. The lowest BCUT2D eigenvalue weighted by Crippen LogP contribution is -2.00. The van der Waals surface area contributed by atoms with Gasteiger partial charge in [0.25, 0.3) is 0 Å². The van der Waals surface area contributed by atoms with Crippen LogP contribution in [0.25, 0.3) is 89.8 Å². The minimum absolute atomic E-state index is 0.546. The van der Waals surface area contributed by atoms with Gasteiger partial charge in [-0.2, -0.15) is 0 Å². The summed E-state index contributed by atoms with van der Waals surface area (Å²) in [6.07, 6.45) is 0. The quantitative estimate of drug-likeness (QED) is 0.198. The second-order valence-electron chi connectivity index (χ2n) is 11.0. The van der Waals surface area contributed by atoms with Gasteiger partial charge in [-0.05, 0) is 24.3 Å². The summed E-state index contributed by atoms with van der Waals surface area (Å²) in [6.45, 7) is 0. The Hall–Kier alpha value is -6.40. The molecular weight excluding hydrogens is 568 g/mol. The standard InChI is InChI=1S/C40H24N4O2/c1-4-13-25(14-5-1)37-42-38(26-15-6-2-7-16-26)44-39(43-37)32-23-11-22-31-30-21-10-20-29(35(30)46-36(31)32)28-19-12-24-33-34(28)41-40(45-33)27-17-8-3-9-18-27/h1-24H. The van der Waals surface area contributed by atoms with Gasteiger partial charge in [0.2, 0.25) is 5.89 Å². The van der Waals surface area contributed by atoms with Crippen molar-refractivity contribution in [1.82, 2.24) is 19.9 Å². The highest BCUT2D eigenvalue weighted by Gasteiger charge is 2.21. The minimum atomic E-state index is 0.546. The molecule has 0 bridgehead atoms. The molecule has 0 atom stereocenters. The molecule has 3 aromatic heterocycles. The molecule has 0 aliphatic heterocycles. The Balaban J connectivity index is 1.25. The molecule has 0 unspecified atom stereocenters. The summed E-state index contributed by atoms with van der Waals surface area (Å²) in [4.78, 5) is 19.7. The Morgan fingerprint density at radius 3 is 1.48 bits per heavy atom. The van der Waals surface area contributed by atoms with E-state index >= 15 is 0 Å². The maximum absolute atomic E-state index is 6.80. The zero-order valence-corrected chi connectivity index (χ0v) is 24.5. The number of furan rings is 1. The first kappa shape index (κ1) is 26.0. The Morgan fingerprint density at radius 1 is 0.348 bits per heavy atom. The van der Waals surface area contributed by atoms with E-state index in [-0.39, 0.29) is 0 Å². The molecule has 9 aromatic rings. The van der Waals surface area contributed by atoms with Crippen LogP contribution in [0.3, 0.4) is 0 Å². The maximum Gasteiger partial charge on any atom is 0.227 e. The second-order valence-corrected chi connectivity index (χ2v) is 11.0. The highest BCUT2D eigenvalue weighted by Crippen LogP contribution is 2.41. The van der Waals surface area contributed by atoms with Gasteiger partial charge in [0, 0.05) is 38.6 Å². The van der Waals surface area contributed by atoms with Crippen molar-refractivity contribution in [3.05, 3.63) is 146 Å². The average Bonchev–Trinajstić information content (AvgIpc) is 3.75. The van der Waals surface area contributed by atoms with Crippen molar-refractivity contribution < 1.29 is 8.83 Å². The van der Waals surface area contributed by atoms with Gasteiger partial charge in [-0.1, -0.05) is 121 Å². The van der Waals surface area contributed by atoms with Crippen LogP contribution in [-0.2, 0) is 0 Å². The Kier molecular flexibility index (Phi) is 6.03. The lowest BCUT2D eigenvalue weighted by atomic mass is 10.0. The molecule has 3 heterocycles. The van der Waals surface area contributed by atoms with Gasteiger partial charge in [0.1, 0.15) is 16.7 Å². The van der Waals surface area contributed by atoms with E-state index in [4.69, 9.17) is 28.8 Å². The Labute approximate surface area is 263 Å². The van der Waals surface area contributed by atoms with Gasteiger partial charge < -0.3 is 8.83 Å². The smallest absolute Gasteiger partial charge is 0.227 e. The number of aromatic nitrogens is 4. The largest absolute Gasteiger partial charge is 0.455 e. The van der Waals surface area contributed by atoms with Gasteiger partial charge in [0.05, 0.1) is 5.56 Å². The normalized spacial score (nSPS) is 11.5. The molecule has 9 rings (SSSR count). The fourth-order valence-electron chi connectivity index (χ4n) is 6.01. The molecule has 0 saturated carbocycles. The molecule has 0 spiro atoms. The van der Waals surface area contributed by atoms with Gasteiger partial charge in [-0.3, -0.25) is 0 Å². The first-order valence-electron chi connectivity index (χ1n) is 15.1. The highest BCUT2D eigenvalue weighted by molar-refractivity contribution is 6.14. The van der Waals surface area contributed by atoms with Crippen molar-refractivity contribution in [2.45, 2.75) is 0 Å². The number of para-hydroxylation sites is 3. The topological polar surface area (TPSA) is 77.8 Å². The maximum atomic E-state index is 6.80. The van der Waals surface area contributed by atoms with Crippen molar-refractivity contribution in [2.24, 2.45) is 0 Å². The van der Waals surface area contributed by atoms with Gasteiger partial charge in [0.15, 0.2) is 23.1 Å². The van der Waals surface area contributed by atoms with E-state index in [0.717, 1.165) is 60.8 Å². The van der Waals surface area contributed by atoms with E-state index in [9.17, 15) is 0 Å². The third kappa shape index (κ3) is 4.35. The molecule has 0 aliphatic rings. The summed E-state index contributed by atoms with van der Waals surface area (Å²) in [7, 11) is 0. The van der Waals surface area contributed by atoms with Gasteiger partial charge in [-0.15, -0.1) is 0 Å². The minimum Gasteiger partial charge on any atom is -0.455 e. The van der Waals surface area contributed by atoms with Crippen LogP contribution in [0.15, 0.2) is 154 Å². The molecule has 6 nitrogen and oxygen atoms in total. The number of hydrogen-bond donors (Lipinski definition) is 0. The third-order valence-electron chi connectivity index (χ3n) is 8.19. The van der Waals surface area contributed by atoms with Crippen LogP contribution < -0.4 is 0 Å². The summed E-state index contributed by atoms with van der Waals surface area (Å²) < 4.78 is 13.0. The third-order valence-corrected chi connectivity index (χ3v) is 8.19. The first-order valence-corrected chi connectivity index (χ1v) is 15.1. The summed E-state index contributed by atoms with van der Waals surface area (Å²) in [5, 5.41) is 1.98. The van der Waals surface area contributed by atoms with Crippen LogP contribution in [0.2, 0.25) is 0 Å². The molecule has 0 aliphatic carbocycles. The lowest BCUT2D eigenvalue weighted by Gasteiger charge is -2.08. The number of rotatable bonds is 5. The number of fused-ring (bicyclic) bond motifs is 4. The molecule has 0 N–H and O–H groups in total. The molecule has 216 valence electrons. The highest BCUT2D eigenvalue weighted by atomic mass is 16.3. The van der Waals surface area contributed by atoms with Crippen LogP contribution in [0, 0.1) is 0 Å². The van der Waals surface area contributed by atoms with E-state index in [1.807, 2.05) is 115 Å². The van der Waals surface area contributed by atoms with Gasteiger partial charge >= 0.3 is 0 Å². The van der Waals surface area contributed by atoms with E-state index in [1.165, 1.54) is 0 Å². The molecule has 6 aromatic carbocycles. The zero-order valence-electron chi connectivity index (χ0n) is 24.5. The van der Waals surface area contributed by atoms with Crippen LogP contribution in [-0.4, -0.2) is 19.9 Å². The van der Waals surface area contributed by atoms with Crippen LogP contribution in [0.5, 0.6) is 0 Å². The van der Waals surface area contributed by atoms with Crippen LogP contribution in [0.4, 0.5) is 0 Å². The van der Waals surface area contributed by atoms with Crippen molar-refractivity contribution in [3.63, 3.8) is 0 Å². The fourth-order valence-corrected chi connectivity index (χ4v) is 6.01. The van der Waals surface area contributed by atoms with Crippen molar-refractivity contribution >= 4 is 33.0 Å². The average molecular weight is 593 g/mol. The number of benzene rings is 6. The molecular formula is C40H24N4O2. The van der Waals surface area contributed by atoms with Crippen molar-refractivity contribution in [3.8, 4) is 56.7 Å². The zero-order chi connectivity index (χ0) is 30.5. The predicted octanol–water partition coefficient (Wildman–Crippen LogP) is 10.2.